The lowest BCUT2D eigenvalue weighted by Crippen LogP contribution is -1.95. The highest BCUT2D eigenvalue weighted by atomic mass is 16.4. The Kier molecular flexibility index (Phi) is 2.72. The zero-order chi connectivity index (χ0) is 13.2. The maximum atomic E-state index is 10.9. The molecule has 3 aromatic rings. The summed E-state index contributed by atoms with van der Waals surface area (Å²) >= 11 is 0. The molecule has 0 spiro atoms. The van der Waals surface area contributed by atoms with Gasteiger partial charge < -0.3 is 5.11 Å². The second-order valence-corrected chi connectivity index (χ2v) is 4.28. The van der Waals surface area contributed by atoms with E-state index in [-0.39, 0.29) is 0 Å². The zero-order valence-electron chi connectivity index (χ0n) is 10.1. The van der Waals surface area contributed by atoms with Gasteiger partial charge in [0.05, 0.1) is 5.56 Å². The molecule has 0 fully saturated rings. The van der Waals surface area contributed by atoms with Crippen LogP contribution in [0.3, 0.4) is 0 Å². The van der Waals surface area contributed by atoms with Crippen molar-refractivity contribution in [1.29, 1.82) is 0 Å². The van der Waals surface area contributed by atoms with Crippen LogP contribution in [-0.4, -0.2) is 16.1 Å². The summed E-state index contributed by atoms with van der Waals surface area (Å²) in [5.74, 6) is -0.909. The molecule has 1 heterocycles. The average Bonchev–Trinajstić information content (AvgIpc) is 2.47. The minimum absolute atomic E-state index is 0.297. The van der Waals surface area contributed by atoms with Crippen LogP contribution in [0, 0.1) is 0 Å². The normalized spacial score (nSPS) is 10.5. The molecular weight excluding hydrogens is 238 g/mol. The van der Waals surface area contributed by atoms with Crippen molar-refractivity contribution in [1.82, 2.24) is 4.98 Å². The first-order valence-electron chi connectivity index (χ1n) is 5.92. The zero-order valence-corrected chi connectivity index (χ0v) is 10.1. The van der Waals surface area contributed by atoms with Crippen LogP contribution < -0.4 is 0 Å². The Morgan fingerprint density at radius 1 is 1.00 bits per heavy atom. The molecule has 0 unspecified atom stereocenters. The molecule has 0 radical (unpaired) electrons. The van der Waals surface area contributed by atoms with Crippen molar-refractivity contribution in [3.05, 3.63) is 66.5 Å². The van der Waals surface area contributed by atoms with E-state index >= 15 is 0 Å². The van der Waals surface area contributed by atoms with E-state index in [1.165, 1.54) is 0 Å². The van der Waals surface area contributed by atoms with Crippen molar-refractivity contribution in [2.24, 2.45) is 0 Å². The van der Waals surface area contributed by atoms with Crippen LogP contribution in [0.4, 0.5) is 0 Å². The number of hydrogen-bond donors (Lipinski definition) is 1. The third-order valence-corrected chi connectivity index (χ3v) is 3.12. The van der Waals surface area contributed by atoms with Gasteiger partial charge in [-0.1, -0.05) is 30.3 Å². The van der Waals surface area contributed by atoms with Crippen molar-refractivity contribution < 1.29 is 9.90 Å². The molecule has 0 atom stereocenters. The van der Waals surface area contributed by atoms with Crippen molar-refractivity contribution in [3.63, 3.8) is 0 Å². The van der Waals surface area contributed by atoms with E-state index in [0.717, 1.165) is 21.9 Å². The van der Waals surface area contributed by atoms with Crippen molar-refractivity contribution in [2.75, 3.05) is 0 Å². The molecule has 2 aromatic carbocycles. The summed E-state index contributed by atoms with van der Waals surface area (Å²) < 4.78 is 0. The Morgan fingerprint density at radius 2 is 1.79 bits per heavy atom. The smallest absolute Gasteiger partial charge is 0.335 e. The topological polar surface area (TPSA) is 50.2 Å². The largest absolute Gasteiger partial charge is 0.478 e. The highest BCUT2D eigenvalue weighted by Gasteiger charge is 2.05. The second-order valence-electron chi connectivity index (χ2n) is 4.28. The molecular formula is C16H11NO2. The first-order valence-corrected chi connectivity index (χ1v) is 5.92. The van der Waals surface area contributed by atoms with Crippen LogP contribution in [0.1, 0.15) is 10.4 Å². The summed E-state index contributed by atoms with van der Waals surface area (Å²) in [4.78, 5) is 15.0. The van der Waals surface area contributed by atoms with Crippen LogP contribution in [0.15, 0.2) is 60.9 Å². The van der Waals surface area contributed by atoms with Crippen LogP contribution >= 0.6 is 0 Å². The third-order valence-electron chi connectivity index (χ3n) is 3.12. The molecule has 0 saturated heterocycles. The van der Waals surface area contributed by atoms with E-state index in [4.69, 9.17) is 5.11 Å². The summed E-state index contributed by atoms with van der Waals surface area (Å²) in [6.07, 6.45) is 3.59. The van der Waals surface area contributed by atoms with Gasteiger partial charge in [-0.2, -0.15) is 0 Å². The molecule has 1 N–H and O–H groups in total. The number of carboxylic acids is 1. The fourth-order valence-corrected chi connectivity index (χ4v) is 2.17. The molecule has 3 rings (SSSR count). The van der Waals surface area contributed by atoms with Crippen LogP contribution in [0.5, 0.6) is 0 Å². The number of hydrogen-bond acceptors (Lipinski definition) is 2. The highest BCUT2D eigenvalue weighted by Crippen LogP contribution is 2.28. The number of carbonyl (C=O) groups is 1. The molecule has 0 aliphatic heterocycles. The van der Waals surface area contributed by atoms with E-state index in [0.29, 0.717) is 5.56 Å². The second kappa shape index (κ2) is 4.53. The molecule has 0 amide bonds. The quantitative estimate of drug-likeness (QED) is 0.754. The molecule has 3 heteroatoms. The minimum Gasteiger partial charge on any atom is -0.478 e. The summed E-state index contributed by atoms with van der Waals surface area (Å²) in [6.45, 7) is 0. The molecule has 3 nitrogen and oxygen atoms in total. The number of aromatic carboxylic acids is 1. The molecule has 0 saturated carbocycles. The Morgan fingerprint density at radius 3 is 2.53 bits per heavy atom. The first kappa shape index (κ1) is 11.4. The predicted molar refractivity (Wildman–Crippen MR) is 74.1 cm³/mol. The fourth-order valence-electron chi connectivity index (χ4n) is 2.17. The Balaban J connectivity index is 2.16. The summed E-state index contributed by atoms with van der Waals surface area (Å²) in [5, 5.41) is 11.1. The Bertz CT molecular complexity index is 743. The van der Waals surface area contributed by atoms with Gasteiger partial charge in [0.15, 0.2) is 0 Å². The predicted octanol–water partition coefficient (Wildman–Crippen LogP) is 3.60. The molecule has 0 aliphatic carbocycles. The number of nitrogens with zero attached hydrogens (tertiary/aromatic N) is 1. The molecule has 92 valence electrons. The Labute approximate surface area is 110 Å². The monoisotopic (exact) mass is 249 g/mol. The van der Waals surface area contributed by atoms with Gasteiger partial charge in [-0.15, -0.1) is 0 Å². The SMILES string of the molecule is O=C(O)c1ccc(-c2cccc3cnccc23)cc1. The number of rotatable bonds is 2. The average molecular weight is 249 g/mol. The number of fused-ring (bicyclic) bond motifs is 1. The summed E-state index contributed by atoms with van der Waals surface area (Å²) in [5.41, 5.74) is 2.38. The lowest BCUT2D eigenvalue weighted by Gasteiger charge is -2.06. The molecule has 0 aliphatic rings. The van der Waals surface area contributed by atoms with Gasteiger partial charge in [-0.3, -0.25) is 4.98 Å². The van der Waals surface area contributed by atoms with Crippen LogP contribution in [-0.2, 0) is 0 Å². The van der Waals surface area contributed by atoms with Gasteiger partial charge in [0.1, 0.15) is 0 Å². The summed E-state index contributed by atoms with van der Waals surface area (Å²) in [6, 6.07) is 14.9. The lowest BCUT2D eigenvalue weighted by molar-refractivity contribution is 0.0697. The Hall–Kier alpha value is -2.68. The van der Waals surface area contributed by atoms with Crippen molar-refractivity contribution in [3.8, 4) is 11.1 Å². The van der Waals surface area contributed by atoms with E-state index < -0.39 is 5.97 Å². The van der Waals surface area contributed by atoms with Gasteiger partial charge in [-0.25, -0.2) is 4.79 Å². The van der Waals surface area contributed by atoms with E-state index in [9.17, 15) is 4.79 Å². The van der Waals surface area contributed by atoms with Gasteiger partial charge in [0.2, 0.25) is 0 Å². The number of pyridine rings is 1. The van der Waals surface area contributed by atoms with Gasteiger partial charge >= 0.3 is 5.97 Å². The van der Waals surface area contributed by atoms with Crippen LogP contribution in [0.25, 0.3) is 21.9 Å². The molecule has 1 aromatic heterocycles. The van der Waals surface area contributed by atoms with E-state index in [1.54, 1.807) is 18.3 Å². The number of aromatic nitrogens is 1. The van der Waals surface area contributed by atoms with Gasteiger partial charge in [0.25, 0.3) is 0 Å². The lowest BCUT2D eigenvalue weighted by atomic mass is 9.99. The molecule has 19 heavy (non-hydrogen) atoms. The maximum absolute atomic E-state index is 10.9. The maximum Gasteiger partial charge on any atom is 0.335 e. The number of benzene rings is 2. The standard InChI is InChI=1S/C16H11NO2/c18-16(19)12-6-4-11(5-7-12)14-3-1-2-13-10-17-9-8-15(13)14/h1-10H,(H,18,19). The van der Waals surface area contributed by atoms with E-state index in [1.807, 2.05) is 42.6 Å². The molecule has 0 bridgehead atoms. The van der Waals surface area contributed by atoms with Crippen molar-refractivity contribution >= 4 is 16.7 Å². The van der Waals surface area contributed by atoms with E-state index in [2.05, 4.69) is 4.98 Å². The van der Waals surface area contributed by atoms with Crippen LogP contribution in [0.2, 0.25) is 0 Å². The number of carboxylic acid groups (broad SMARTS) is 1. The fraction of sp³-hybridized carbons (Fsp3) is 0. The van der Waals surface area contributed by atoms with Gasteiger partial charge in [0, 0.05) is 17.8 Å². The first-order chi connectivity index (χ1) is 9.25. The van der Waals surface area contributed by atoms with Gasteiger partial charge in [-0.05, 0) is 34.7 Å². The third kappa shape index (κ3) is 2.06. The minimum atomic E-state index is -0.909. The van der Waals surface area contributed by atoms with Crippen molar-refractivity contribution in [2.45, 2.75) is 0 Å². The summed E-state index contributed by atoms with van der Waals surface area (Å²) in [7, 11) is 0. The highest BCUT2D eigenvalue weighted by molar-refractivity contribution is 5.96.